The Hall–Kier alpha value is -2.55. The molecule has 160 valence electrons. The van der Waals surface area contributed by atoms with Crippen LogP contribution >= 0.6 is 24.0 Å². The predicted molar refractivity (Wildman–Crippen MR) is 136 cm³/mol. The molecule has 3 aromatic rings. The number of nitrogens with one attached hydrogen (secondary N) is 2. The van der Waals surface area contributed by atoms with Gasteiger partial charge in [-0.15, -0.1) is 24.0 Å². The van der Waals surface area contributed by atoms with Gasteiger partial charge in [0, 0.05) is 45.3 Å². The van der Waals surface area contributed by atoms with Gasteiger partial charge in [0.1, 0.15) is 0 Å². The van der Waals surface area contributed by atoms with Gasteiger partial charge < -0.3 is 15.5 Å². The molecule has 30 heavy (non-hydrogen) atoms. The Balaban J connectivity index is 0.00000320. The van der Waals surface area contributed by atoms with Gasteiger partial charge >= 0.3 is 0 Å². The molecule has 1 aromatic heterocycles. The van der Waals surface area contributed by atoms with E-state index in [0.717, 1.165) is 19.0 Å². The summed E-state index contributed by atoms with van der Waals surface area (Å²) >= 11 is 0. The lowest BCUT2D eigenvalue weighted by atomic mass is 10.1. The lowest BCUT2D eigenvalue weighted by Crippen LogP contribution is -2.37. The molecule has 7 heteroatoms. The molecule has 1 heterocycles. The third kappa shape index (κ3) is 7.05. The Labute approximate surface area is 196 Å². The Morgan fingerprint density at radius 2 is 1.83 bits per heavy atom. The van der Waals surface area contributed by atoms with Gasteiger partial charge in [-0.2, -0.15) is 5.10 Å². The standard InChI is InChI=1S/C23H30N6.HI/c1-4-24-23(25-16-19-9-7-12-22(15-19)28(2)3)26-17-20-10-5-6-11-21(20)18-29-14-8-13-27-29;/h5-15H,4,16-18H2,1-3H3,(H2,24,25,26);1H. The lowest BCUT2D eigenvalue weighted by molar-refractivity contribution is 0.677. The van der Waals surface area contributed by atoms with E-state index in [1.165, 1.54) is 22.4 Å². The smallest absolute Gasteiger partial charge is 0.191 e. The number of nitrogens with zero attached hydrogens (tertiary/aromatic N) is 4. The van der Waals surface area contributed by atoms with Crippen molar-refractivity contribution >= 4 is 35.6 Å². The number of aromatic nitrogens is 2. The molecule has 2 aromatic carbocycles. The van der Waals surface area contributed by atoms with Crippen molar-refractivity contribution in [2.45, 2.75) is 26.6 Å². The van der Waals surface area contributed by atoms with Gasteiger partial charge in [0.2, 0.25) is 0 Å². The van der Waals surface area contributed by atoms with E-state index in [0.29, 0.717) is 13.1 Å². The van der Waals surface area contributed by atoms with Crippen molar-refractivity contribution in [3.05, 3.63) is 83.7 Å². The summed E-state index contributed by atoms with van der Waals surface area (Å²) in [5.41, 5.74) is 4.86. The summed E-state index contributed by atoms with van der Waals surface area (Å²) in [6.45, 7) is 5.00. The van der Waals surface area contributed by atoms with Gasteiger partial charge in [0.15, 0.2) is 5.96 Å². The highest BCUT2D eigenvalue weighted by Crippen LogP contribution is 2.14. The molecule has 3 rings (SSSR count). The second kappa shape index (κ2) is 12.2. The summed E-state index contributed by atoms with van der Waals surface area (Å²) in [5.74, 6) is 0.816. The van der Waals surface area contributed by atoms with Crippen LogP contribution in [0.5, 0.6) is 0 Å². The number of anilines is 1. The molecule has 0 bridgehead atoms. The second-order valence-corrected chi connectivity index (χ2v) is 7.09. The topological polar surface area (TPSA) is 57.5 Å². The first-order valence-corrected chi connectivity index (χ1v) is 9.98. The molecule has 0 saturated carbocycles. The quantitative estimate of drug-likeness (QED) is 0.270. The van der Waals surface area contributed by atoms with E-state index in [2.05, 4.69) is 90.2 Å². The van der Waals surface area contributed by atoms with Crippen LogP contribution < -0.4 is 15.5 Å². The number of benzene rings is 2. The predicted octanol–water partition coefficient (Wildman–Crippen LogP) is 3.87. The van der Waals surface area contributed by atoms with E-state index in [1.54, 1.807) is 0 Å². The molecule has 0 saturated heterocycles. The third-order valence-corrected chi connectivity index (χ3v) is 4.65. The maximum Gasteiger partial charge on any atom is 0.191 e. The highest BCUT2D eigenvalue weighted by molar-refractivity contribution is 14.0. The highest BCUT2D eigenvalue weighted by Gasteiger charge is 2.05. The van der Waals surface area contributed by atoms with E-state index >= 15 is 0 Å². The van der Waals surface area contributed by atoms with E-state index in [-0.39, 0.29) is 24.0 Å². The van der Waals surface area contributed by atoms with Crippen molar-refractivity contribution in [1.82, 2.24) is 20.4 Å². The summed E-state index contributed by atoms with van der Waals surface area (Å²) in [7, 11) is 4.10. The van der Waals surface area contributed by atoms with Gasteiger partial charge in [0.25, 0.3) is 0 Å². The van der Waals surface area contributed by atoms with Crippen LogP contribution in [0.2, 0.25) is 0 Å². The first-order chi connectivity index (χ1) is 14.2. The van der Waals surface area contributed by atoms with E-state index in [1.807, 2.05) is 23.1 Å². The molecule has 0 unspecified atom stereocenters. The van der Waals surface area contributed by atoms with Crippen LogP contribution in [-0.4, -0.2) is 36.4 Å². The van der Waals surface area contributed by atoms with E-state index < -0.39 is 0 Å². The van der Waals surface area contributed by atoms with Crippen LogP contribution in [0.1, 0.15) is 23.6 Å². The molecule has 0 spiro atoms. The summed E-state index contributed by atoms with van der Waals surface area (Å²) in [5, 5.41) is 11.1. The maximum absolute atomic E-state index is 4.76. The molecule has 0 atom stereocenters. The normalized spacial score (nSPS) is 11.0. The molecule has 0 amide bonds. The SMILES string of the molecule is CCNC(=NCc1cccc(N(C)C)c1)NCc1ccccc1Cn1cccn1.I. The highest BCUT2D eigenvalue weighted by atomic mass is 127. The summed E-state index contributed by atoms with van der Waals surface area (Å²) in [6.07, 6.45) is 3.79. The second-order valence-electron chi connectivity index (χ2n) is 7.09. The maximum atomic E-state index is 4.76. The van der Waals surface area contributed by atoms with Crippen molar-refractivity contribution in [2.75, 3.05) is 25.5 Å². The Morgan fingerprint density at radius 3 is 2.53 bits per heavy atom. The fourth-order valence-corrected chi connectivity index (χ4v) is 3.08. The molecule has 0 radical (unpaired) electrons. The zero-order valence-electron chi connectivity index (χ0n) is 17.9. The zero-order valence-corrected chi connectivity index (χ0v) is 20.2. The van der Waals surface area contributed by atoms with Crippen molar-refractivity contribution in [3.63, 3.8) is 0 Å². The molecule has 2 N–H and O–H groups in total. The Kier molecular flexibility index (Phi) is 9.66. The fraction of sp³-hybridized carbons (Fsp3) is 0.304. The number of halogens is 1. The van der Waals surface area contributed by atoms with Gasteiger partial charge in [-0.25, -0.2) is 4.99 Å². The van der Waals surface area contributed by atoms with Crippen molar-refractivity contribution in [3.8, 4) is 0 Å². The van der Waals surface area contributed by atoms with Crippen molar-refractivity contribution in [1.29, 1.82) is 0 Å². The monoisotopic (exact) mass is 518 g/mol. The van der Waals surface area contributed by atoms with Crippen LogP contribution in [-0.2, 0) is 19.6 Å². The first-order valence-electron chi connectivity index (χ1n) is 9.98. The first kappa shape index (κ1) is 23.7. The summed E-state index contributed by atoms with van der Waals surface area (Å²) in [6, 6.07) is 18.8. The van der Waals surface area contributed by atoms with Crippen LogP contribution in [0.3, 0.4) is 0 Å². The van der Waals surface area contributed by atoms with Gasteiger partial charge in [-0.1, -0.05) is 36.4 Å². The van der Waals surface area contributed by atoms with Crippen molar-refractivity contribution < 1.29 is 0 Å². The van der Waals surface area contributed by atoms with Crippen LogP contribution in [0.4, 0.5) is 5.69 Å². The van der Waals surface area contributed by atoms with E-state index in [4.69, 9.17) is 4.99 Å². The molecule has 0 fully saturated rings. The summed E-state index contributed by atoms with van der Waals surface area (Å²) < 4.78 is 1.94. The van der Waals surface area contributed by atoms with Crippen LogP contribution in [0, 0.1) is 0 Å². The largest absolute Gasteiger partial charge is 0.378 e. The zero-order chi connectivity index (χ0) is 20.5. The number of rotatable bonds is 8. The van der Waals surface area contributed by atoms with Gasteiger partial charge in [0.05, 0.1) is 13.1 Å². The minimum Gasteiger partial charge on any atom is -0.378 e. The minimum absolute atomic E-state index is 0. The molecular weight excluding hydrogens is 487 g/mol. The summed E-state index contributed by atoms with van der Waals surface area (Å²) in [4.78, 5) is 6.87. The van der Waals surface area contributed by atoms with Crippen LogP contribution in [0.25, 0.3) is 0 Å². The molecule has 6 nitrogen and oxygen atoms in total. The van der Waals surface area contributed by atoms with Crippen LogP contribution in [0.15, 0.2) is 72.0 Å². The number of guanidine groups is 1. The molecule has 0 aliphatic carbocycles. The van der Waals surface area contributed by atoms with E-state index in [9.17, 15) is 0 Å². The molecule has 0 aliphatic heterocycles. The lowest BCUT2D eigenvalue weighted by Gasteiger charge is -2.15. The third-order valence-electron chi connectivity index (χ3n) is 4.65. The number of hydrogen-bond acceptors (Lipinski definition) is 3. The average molecular weight is 518 g/mol. The number of hydrogen-bond donors (Lipinski definition) is 2. The van der Waals surface area contributed by atoms with Gasteiger partial charge in [-0.3, -0.25) is 4.68 Å². The average Bonchev–Trinajstić information content (AvgIpc) is 3.24. The number of aliphatic imine (C=N–C) groups is 1. The van der Waals surface area contributed by atoms with Gasteiger partial charge in [-0.05, 0) is 41.8 Å². The molecule has 0 aliphatic rings. The van der Waals surface area contributed by atoms with Crippen molar-refractivity contribution in [2.24, 2.45) is 4.99 Å². The Morgan fingerprint density at radius 1 is 1.03 bits per heavy atom. The minimum atomic E-state index is 0. The molecular formula is C23H31IN6. The Bertz CT molecular complexity index is 921. The fourth-order valence-electron chi connectivity index (χ4n) is 3.08.